The summed E-state index contributed by atoms with van der Waals surface area (Å²) in [6.45, 7) is 3.70. The first-order valence-corrected chi connectivity index (χ1v) is 10.4. The molecule has 148 valence electrons. The maximum Gasteiger partial charge on any atom is 0.264 e. The van der Waals surface area contributed by atoms with Crippen molar-refractivity contribution in [1.29, 1.82) is 0 Å². The highest BCUT2D eigenvalue weighted by molar-refractivity contribution is 7.18. The van der Waals surface area contributed by atoms with Gasteiger partial charge in [-0.3, -0.25) is 14.6 Å². The van der Waals surface area contributed by atoms with Gasteiger partial charge in [-0.2, -0.15) is 0 Å². The number of ether oxygens (including phenoxy) is 1. The molecule has 0 spiro atoms. The number of nitrogens with one attached hydrogen (secondary N) is 2. The van der Waals surface area contributed by atoms with E-state index in [2.05, 4.69) is 15.6 Å². The van der Waals surface area contributed by atoms with Crippen LogP contribution in [-0.2, 0) is 4.79 Å². The molecule has 0 aromatic carbocycles. The van der Waals surface area contributed by atoms with Crippen molar-refractivity contribution in [2.24, 2.45) is 0 Å². The first-order valence-electron chi connectivity index (χ1n) is 9.22. The van der Waals surface area contributed by atoms with Crippen LogP contribution in [0, 0.1) is 6.92 Å². The van der Waals surface area contributed by atoms with E-state index in [0.29, 0.717) is 39.4 Å². The zero-order valence-electron chi connectivity index (χ0n) is 15.4. The number of hydrogen-bond acceptors (Lipinski definition) is 6. The molecular weight excluding hydrogens is 400 g/mol. The summed E-state index contributed by atoms with van der Waals surface area (Å²) in [6.07, 6.45) is 3.42. The molecule has 0 saturated carbocycles. The normalized spacial score (nSPS) is 19.4. The molecule has 1 atom stereocenters. The number of amides is 2. The first-order chi connectivity index (χ1) is 13.5. The fraction of sp³-hybridized carbons (Fsp3) is 0.421. The Balaban J connectivity index is 1.29. The van der Waals surface area contributed by atoms with Gasteiger partial charge in [0.25, 0.3) is 5.91 Å². The van der Waals surface area contributed by atoms with E-state index in [1.54, 1.807) is 29.3 Å². The van der Waals surface area contributed by atoms with Crippen molar-refractivity contribution in [1.82, 2.24) is 15.2 Å². The van der Waals surface area contributed by atoms with Crippen LogP contribution in [0.25, 0.3) is 0 Å². The average Bonchev–Trinajstić information content (AvgIpc) is 3.32. The summed E-state index contributed by atoms with van der Waals surface area (Å²) in [6, 6.07) is 5.12. The Morgan fingerprint density at radius 2 is 2.18 bits per heavy atom. The molecule has 0 radical (unpaired) electrons. The quantitative estimate of drug-likeness (QED) is 0.777. The second-order valence-electron chi connectivity index (χ2n) is 6.96. The number of hydrogen-bond donors (Lipinski definition) is 2. The number of nitrogens with zero attached hydrogens (tertiary/aromatic N) is 2. The van der Waals surface area contributed by atoms with Crippen LogP contribution in [0.5, 0.6) is 5.75 Å². The molecular formula is C19H21ClN4O3S. The minimum Gasteiger partial charge on any atom is -0.485 e. The van der Waals surface area contributed by atoms with Gasteiger partial charge in [0, 0.05) is 12.3 Å². The highest BCUT2D eigenvalue weighted by atomic mass is 35.5. The zero-order valence-corrected chi connectivity index (χ0v) is 17.0. The third-order valence-corrected chi connectivity index (χ3v) is 6.35. The van der Waals surface area contributed by atoms with E-state index in [-0.39, 0.29) is 24.0 Å². The highest BCUT2D eigenvalue weighted by Crippen LogP contribution is 2.30. The molecule has 2 aromatic rings. The molecule has 2 aromatic heterocycles. The van der Waals surface area contributed by atoms with Gasteiger partial charge in [0.1, 0.15) is 16.9 Å². The van der Waals surface area contributed by atoms with Crippen molar-refractivity contribution in [2.75, 3.05) is 25.0 Å². The van der Waals surface area contributed by atoms with Crippen molar-refractivity contribution in [2.45, 2.75) is 31.9 Å². The summed E-state index contributed by atoms with van der Waals surface area (Å²) in [5.41, 5.74) is 0.715. The number of aromatic nitrogens is 1. The van der Waals surface area contributed by atoms with E-state index in [4.69, 9.17) is 16.3 Å². The number of anilines is 1. The molecule has 4 rings (SSSR count). The molecule has 7 nitrogen and oxygen atoms in total. The summed E-state index contributed by atoms with van der Waals surface area (Å²) < 4.78 is 5.87. The van der Waals surface area contributed by atoms with Gasteiger partial charge in [0.15, 0.2) is 0 Å². The van der Waals surface area contributed by atoms with Gasteiger partial charge in [-0.1, -0.05) is 11.6 Å². The molecule has 28 heavy (non-hydrogen) atoms. The van der Waals surface area contributed by atoms with E-state index < -0.39 is 0 Å². The van der Waals surface area contributed by atoms with Crippen LogP contribution in [0.2, 0.25) is 5.02 Å². The molecule has 2 N–H and O–H groups in total. The molecule has 9 heteroatoms. The second kappa shape index (κ2) is 8.06. The van der Waals surface area contributed by atoms with Crippen LogP contribution in [0.15, 0.2) is 24.4 Å². The van der Waals surface area contributed by atoms with Gasteiger partial charge in [-0.25, -0.2) is 0 Å². The Bertz CT molecular complexity index is 891. The monoisotopic (exact) mass is 420 g/mol. The lowest BCUT2D eigenvalue weighted by Gasteiger charge is -2.38. The summed E-state index contributed by atoms with van der Waals surface area (Å²) in [4.78, 5) is 31.2. The van der Waals surface area contributed by atoms with E-state index in [9.17, 15) is 9.59 Å². The average molecular weight is 421 g/mol. The van der Waals surface area contributed by atoms with Gasteiger partial charge in [0.2, 0.25) is 5.91 Å². The van der Waals surface area contributed by atoms with Crippen molar-refractivity contribution in [3.63, 3.8) is 0 Å². The first kappa shape index (κ1) is 19.2. The number of carbonyl (C=O) groups is 2. The summed E-state index contributed by atoms with van der Waals surface area (Å²) in [7, 11) is 0. The second-order valence-corrected chi connectivity index (χ2v) is 8.42. The topological polar surface area (TPSA) is 83.6 Å². The van der Waals surface area contributed by atoms with E-state index in [0.717, 1.165) is 19.4 Å². The minimum absolute atomic E-state index is 0.0414. The van der Waals surface area contributed by atoms with E-state index in [1.165, 1.54) is 11.3 Å². The molecule has 1 unspecified atom stereocenters. The molecule has 4 heterocycles. The van der Waals surface area contributed by atoms with Gasteiger partial charge in [-0.15, -0.1) is 11.3 Å². The molecule has 2 fully saturated rings. The number of thiophene rings is 1. The minimum atomic E-state index is -0.141. The van der Waals surface area contributed by atoms with Gasteiger partial charge in [0.05, 0.1) is 34.7 Å². The molecule has 2 aliphatic rings. The van der Waals surface area contributed by atoms with Crippen molar-refractivity contribution >= 4 is 39.8 Å². The summed E-state index contributed by atoms with van der Waals surface area (Å²) in [5, 5.41) is 7.24. The maximum absolute atomic E-state index is 12.6. The SMILES string of the molecule is Cc1nccc(OC2CN(C(=O)c3ccc(NC(=O)C4CCCN4)s3)C2)c1Cl. The van der Waals surface area contributed by atoms with E-state index in [1.807, 2.05) is 6.92 Å². The number of likely N-dealkylation sites (tertiary alicyclic amines) is 1. The Morgan fingerprint density at radius 3 is 2.93 bits per heavy atom. The molecule has 2 saturated heterocycles. The predicted octanol–water partition coefficient (Wildman–Crippen LogP) is 2.70. The number of aryl methyl sites for hydroxylation is 1. The fourth-order valence-electron chi connectivity index (χ4n) is 3.27. The fourth-order valence-corrected chi connectivity index (χ4v) is 4.30. The largest absolute Gasteiger partial charge is 0.485 e. The van der Waals surface area contributed by atoms with Crippen LogP contribution >= 0.6 is 22.9 Å². The number of halogens is 1. The van der Waals surface area contributed by atoms with Crippen LogP contribution in [-0.4, -0.2) is 53.5 Å². The molecule has 2 aliphatic heterocycles. The Hall–Kier alpha value is -2.16. The standard InChI is InChI=1S/C19H21ClN4O3S/c1-11-17(20)14(6-8-21-11)27-12-9-24(10-12)19(26)15-4-5-16(28-15)23-18(25)13-3-2-7-22-13/h4-6,8,12-13,22H,2-3,7,9-10H2,1H3,(H,23,25). The third kappa shape index (κ3) is 3.99. The Labute approximate surface area is 172 Å². The smallest absolute Gasteiger partial charge is 0.264 e. The molecule has 2 amide bonds. The lowest BCUT2D eigenvalue weighted by atomic mass is 10.1. The van der Waals surface area contributed by atoms with Crippen molar-refractivity contribution < 1.29 is 14.3 Å². The maximum atomic E-state index is 12.6. The zero-order chi connectivity index (χ0) is 19.7. The van der Waals surface area contributed by atoms with Crippen LogP contribution in [0.1, 0.15) is 28.2 Å². The molecule has 0 bridgehead atoms. The Morgan fingerprint density at radius 1 is 1.36 bits per heavy atom. The lowest BCUT2D eigenvalue weighted by Crippen LogP contribution is -2.56. The van der Waals surface area contributed by atoms with Crippen molar-refractivity contribution in [3.8, 4) is 5.75 Å². The van der Waals surface area contributed by atoms with Gasteiger partial charge in [-0.05, 0) is 38.4 Å². The van der Waals surface area contributed by atoms with Crippen molar-refractivity contribution in [3.05, 3.63) is 40.0 Å². The van der Waals surface area contributed by atoms with Gasteiger partial charge < -0.3 is 20.3 Å². The van der Waals surface area contributed by atoms with E-state index >= 15 is 0 Å². The summed E-state index contributed by atoms with van der Waals surface area (Å²) in [5.74, 6) is 0.495. The lowest BCUT2D eigenvalue weighted by molar-refractivity contribution is -0.117. The summed E-state index contributed by atoms with van der Waals surface area (Å²) >= 11 is 7.49. The number of pyridine rings is 1. The highest BCUT2D eigenvalue weighted by Gasteiger charge is 2.34. The van der Waals surface area contributed by atoms with Crippen LogP contribution in [0.4, 0.5) is 5.00 Å². The van der Waals surface area contributed by atoms with Crippen LogP contribution in [0.3, 0.4) is 0 Å². The molecule has 0 aliphatic carbocycles. The number of rotatable bonds is 5. The van der Waals surface area contributed by atoms with Crippen LogP contribution < -0.4 is 15.4 Å². The predicted molar refractivity (Wildman–Crippen MR) is 108 cm³/mol. The number of carbonyl (C=O) groups excluding carboxylic acids is 2. The Kier molecular flexibility index (Phi) is 5.52. The van der Waals surface area contributed by atoms with Gasteiger partial charge >= 0.3 is 0 Å². The third-order valence-electron chi connectivity index (χ3n) is 4.90.